The Morgan fingerprint density at radius 1 is 1.40 bits per heavy atom. The van der Waals surface area contributed by atoms with Gasteiger partial charge in [0.05, 0.1) is 5.75 Å². The van der Waals surface area contributed by atoms with Gasteiger partial charge >= 0.3 is 0 Å². The Bertz CT molecular complexity index is 253. The standard InChI is InChI=1S/C9H22N2O2S2/c1-9(2)10-5-8-15(12,13)11(3)6-7-14-4/h9-10H,5-8H2,1-4H3. The van der Waals surface area contributed by atoms with Crippen molar-refractivity contribution in [2.24, 2.45) is 0 Å². The van der Waals surface area contributed by atoms with E-state index in [2.05, 4.69) is 5.32 Å². The van der Waals surface area contributed by atoms with Gasteiger partial charge in [-0.1, -0.05) is 13.8 Å². The quantitative estimate of drug-likeness (QED) is 0.689. The average Bonchev–Trinajstić information content (AvgIpc) is 2.13. The number of nitrogens with zero attached hydrogens (tertiary/aromatic N) is 1. The zero-order valence-corrected chi connectivity index (χ0v) is 11.6. The van der Waals surface area contributed by atoms with Crippen molar-refractivity contribution in [2.45, 2.75) is 19.9 Å². The molecule has 0 aromatic carbocycles. The molecule has 0 radical (unpaired) electrons. The monoisotopic (exact) mass is 254 g/mol. The first-order valence-electron chi connectivity index (χ1n) is 5.06. The van der Waals surface area contributed by atoms with Gasteiger partial charge in [-0.05, 0) is 6.26 Å². The number of sulfonamides is 1. The molecule has 0 heterocycles. The lowest BCUT2D eigenvalue weighted by molar-refractivity contribution is 0.484. The van der Waals surface area contributed by atoms with E-state index in [1.807, 2.05) is 20.1 Å². The van der Waals surface area contributed by atoms with Crippen LogP contribution in [-0.4, -0.2) is 56.7 Å². The molecular formula is C9H22N2O2S2. The Labute approximate surface area is 97.9 Å². The summed E-state index contributed by atoms with van der Waals surface area (Å²) in [5, 5.41) is 3.10. The molecular weight excluding hydrogens is 232 g/mol. The van der Waals surface area contributed by atoms with Gasteiger partial charge < -0.3 is 5.32 Å². The summed E-state index contributed by atoms with van der Waals surface area (Å²) in [6, 6.07) is 0.330. The lowest BCUT2D eigenvalue weighted by atomic mass is 10.4. The molecule has 0 atom stereocenters. The lowest BCUT2D eigenvalue weighted by Crippen LogP contribution is -2.36. The second kappa shape index (κ2) is 7.49. The normalized spacial score (nSPS) is 12.7. The highest BCUT2D eigenvalue weighted by atomic mass is 32.2. The van der Waals surface area contributed by atoms with Gasteiger partial charge in [0.15, 0.2) is 0 Å². The summed E-state index contributed by atoms with van der Waals surface area (Å²) in [6.07, 6.45) is 1.97. The van der Waals surface area contributed by atoms with Gasteiger partial charge in [0, 0.05) is 31.9 Å². The molecule has 0 spiro atoms. The highest BCUT2D eigenvalue weighted by Gasteiger charge is 2.16. The summed E-state index contributed by atoms with van der Waals surface area (Å²) in [4.78, 5) is 0. The number of hydrogen-bond donors (Lipinski definition) is 1. The minimum Gasteiger partial charge on any atom is -0.313 e. The first-order chi connectivity index (χ1) is 6.90. The Balaban J connectivity index is 3.95. The first kappa shape index (κ1) is 15.2. The van der Waals surface area contributed by atoms with Gasteiger partial charge in [0.25, 0.3) is 0 Å². The zero-order chi connectivity index (χ0) is 11.9. The first-order valence-corrected chi connectivity index (χ1v) is 8.06. The maximum atomic E-state index is 11.7. The van der Waals surface area contributed by atoms with Crippen LogP contribution in [0, 0.1) is 0 Å². The molecule has 0 amide bonds. The molecule has 15 heavy (non-hydrogen) atoms. The van der Waals surface area contributed by atoms with Crippen molar-refractivity contribution in [1.82, 2.24) is 9.62 Å². The molecule has 0 fully saturated rings. The van der Waals surface area contributed by atoms with E-state index in [4.69, 9.17) is 0 Å². The van der Waals surface area contributed by atoms with Crippen molar-refractivity contribution in [3.8, 4) is 0 Å². The van der Waals surface area contributed by atoms with E-state index in [1.165, 1.54) is 4.31 Å². The fourth-order valence-electron chi connectivity index (χ4n) is 0.991. The van der Waals surface area contributed by atoms with E-state index in [0.717, 1.165) is 5.75 Å². The van der Waals surface area contributed by atoms with Gasteiger partial charge in [-0.15, -0.1) is 0 Å². The molecule has 0 rings (SSSR count). The highest BCUT2D eigenvalue weighted by molar-refractivity contribution is 7.98. The molecule has 0 aliphatic carbocycles. The van der Waals surface area contributed by atoms with Gasteiger partial charge in [0.1, 0.15) is 0 Å². The van der Waals surface area contributed by atoms with E-state index in [9.17, 15) is 8.42 Å². The van der Waals surface area contributed by atoms with Crippen LogP contribution >= 0.6 is 11.8 Å². The van der Waals surface area contributed by atoms with Crippen LogP contribution in [0.3, 0.4) is 0 Å². The predicted molar refractivity (Wildman–Crippen MR) is 67.9 cm³/mol. The fourth-order valence-corrected chi connectivity index (χ4v) is 2.62. The van der Waals surface area contributed by atoms with Crippen molar-refractivity contribution in [3.63, 3.8) is 0 Å². The van der Waals surface area contributed by atoms with Crippen LogP contribution in [0.4, 0.5) is 0 Å². The molecule has 0 unspecified atom stereocenters. The van der Waals surface area contributed by atoms with E-state index in [0.29, 0.717) is 19.1 Å². The summed E-state index contributed by atoms with van der Waals surface area (Å²) in [7, 11) is -1.43. The second-order valence-electron chi connectivity index (χ2n) is 3.74. The third kappa shape index (κ3) is 7.16. The van der Waals surface area contributed by atoms with E-state index < -0.39 is 10.0 Å². The number of rotatable bonds is 8. The van der Waals surface area contributed by atoms with Crippen LogP contribution in [0.15, 0.2) is 0 Å². The summed E-state index contributed by atoms with van der Waals surface area (Å²) in [6.45, 7) is 5.11. The topological polar surface area (TPSA) is 49.4 Å². The molecule has 92 valence electrons. The Kier molecular flexibility index (Phi) is 7.60. The van der Waals surface area contributed by atoms with Crippen molar-refractivity contribution in [3.05, 3.63) is 0 Å². The summed E-state index contributed by atoms with van der Waals surface area (Å²) in [5.41, 5.74) is 0. The van der Waals surface area contributed by atoms with Crippen molar-refractivity contribution in [2.75, 3.05) is 37.9 Å². The third-order valence-corrected chi connectivity index (χ3v) is 4.44. The largest absolute Gasteiger partial charge is 0.313 e. The van der Waals surface area contributed by atoms with Crippen molar-refractivity contribution < 1.29 is 8.42 Å². The molecule has 0 aromatic heterocycles. The molecule has 0 aromatic rings. The summed E-state index contributed by atoms with van der Waals surface area (Å²) < 4.78 is 24.8. The van der Waals surface area contributed by atoms with Crippen LogP contribution in [-0.2, 0) is 10.0 Å². The molecule has 0 bridgehead atoms. The molecule has 4 nitrogen and oxygen atoms in total. The Morgan fingerprint density at radius 2 is 2.00 bits per heavy atom. The Hall–Kier alpha value is 0.220. The number of thioether (sulfide) groups is 1. The van der Waals surface area contributed by atoms with Gasteiger partial charge in [-0.3, -0.25) is 0 Å². The van der Waals surface area contributed by atoms with Crippen molar-refractivity contribution >= 4 is 21.8 Å². The minimum absolute atomic E-state index is 0.177. The molecule has 0 saturated heterocycles. The average molecular weight is 254 g/mol. The molecule has 1 N–H and O–H groups in total. The summed E-state index contributed by atoms with van der Waals surface area (Å²) in [5.74, 6) is 1.02. The van der Waals surface area contributed by atoms with E-state index in [-0.39, 0.29) is 5.75 Å². The van der Waals surface area contributed by atoms with Crippen LogP contribution < -0.4 is 5.32 Å². The van der Waals surface area contributed by atoms with Gasteiger partial charge in [-0.2, -0.15) is 11.8 Å². The lowest BCUT2D eigenvalue weighted by Gasteiger charge is -2.17. The van der Waals surface area contributed by atoms with Crippen LogP contribution in [0.5, 0.6) is 0 Å². The third-order valence-electron chi connectivity index (χ3n) is 2.00. The van der Waals surface area contributed by atoms with Crippen molar-refractivity contribution in [1.29, 1.82) is 0 Å². The zero-order valence-electron chi connectivity index (χ0n) is 9.99. The van der Waals surface area contributed by atoms with Gasteiger partial charge in [0.2, 0.25) is 10.0 Å². The maximum Gasteiger partial charge on any atom is 0.215 e. The molecule has 0 aliphatic heterocycles. The minimum atomic E-state index is -3.07. The van der Waals surface area contributed by atoms with Crippen LogP contribution in [0.25, 0.3) is 0 Å². The van der Waals surface area contributed by atoms with E-state index in [1.54, 1.807) is 18.8 Å². The molecule has 0 saturated carbocycles. The second-order valence-corrected chi connectivity index (χ2v) is 6.92. The van der Waals surface area contributed by atoms with Crippen LogP contribution in [0.2, 0.25) is 0 Å². The number of nitrogens with one attached hydrogen (secondary N) is 1. The molecule has 6 heteroatoms. The maximum absolute atomic E-state index is 11.7. The summed E-state index contributed by atoms with van der Waals surface area (Å²) >= 11 is 1.65. The van der Waals surface area contributed by atoms with Gasteiger partial charge in [-0.25, -0.2) is 12.7 Å². The van der Waals surface area contributed by atoms with Crippen LogP contribution in [0.1, 0.15) is 13.8 Å². The smallest absolute Gasteiger partial charge is 0.215 e. The highest BCUT2D eigenvalue weighted by Crippen LogP contribution is 2.00. The Morgan fingerprint density at radius 3 is 2.47 bits per heavy atom. The predicted octanol–water partition coefficient (Wildman–Crippen LogP) is 0.609. The number of hydrogen-bond acceptors (Lipinski definition) is 4. The SMILES string of the molecule is CSCCN(C)S(=O)(=O)CCNC(C)C. The fraction of sp³-hybridized carbons (Fsp3) is 1.00. The molecule has 0 aliphatic rings. The van der Waals surface area contributed by atoms with E-state index >= 15 is 0 Å².